The van der Waals surface area contributed by atoms with Crippen LogP contribution < -0.4 is 0 Å². The van der Waals surface area contributed by atoms with Crippen molar-refractivity contribution in [3.63, 3.8) is 0 Å². The van der Waals surface area contributed by atoms with Gasteiger partial charge < -0.3 is 14.2 Å². The van der Waals surface area contributed by atoms with Crippen LogP contribution in [0.4, 0.5) is 0 Å². The van der Waals surface area contributed by atoms with Gasteiger partial charge in [-0.25, -0.2) is 4.79 Å². The van der Waals surface area contributed by atoms with Gasteiger partial charge >= 0.3 is 5.97 Å². The lowest BCUT2D eigenvalue weighted by atomic mass is 9.88. The summed E-state index contributed by atoms with van der Waals surface area (Å²) < 4.78 is 15.9. The molecule has 0 amide bonds. The highest BCUT2D eigenvalue weighted by molar-refractivity contribution is 5.89. The standard InChI is InChI=1S/C22H30N2O4/c1-22(2,3)28-20(25)17-12-10-16(11-13-17)8-6-7-9-19(18(14-23)15-24)21(26-4)27-5/h10-13,18-19,21H,6-9H2,1-5H3. The normalized spacial score (nSPS) is 12.5. The molecule has 28 heavy (non-hydrogen) atoms. The van der Waals surface area contributed by atoms with Crippen LogP contribution >= 0.6 is 0 Å². The molecule has 0 bridgehead atoms. The van der Waals surface area contributed by atoms with Crippen LogP contribution in [0.1, 0.15) is 56.0 Å². The van der Waals surface area contributed by atoms with Crippen LogP contribution in [0.25, 0.3) is 0 Å². The summed E-state index contributed by atoms with van der Waals surface area (Å²) in [5.74, 6) is -1.39. The molecule has 0 spiro atoms. The summed E-state index contributed by atoms with van der Waals surface area (Å²) in [4.78, 5) is 12.0. The number of ether oxygens (including phenoxy) is 3. The lowest BCUT2D eigenvalue weighted by Crippen LogP contribution is -2.30. The average molecular weight is 386 g/mol. The number of rotatable bonds is 10. The van der Waals surface area contributed by atoms with Crippen molar-refractivity contribution in [3.05, 3.63) is 35.4 Å². The summed E-state index contributed by atoms with van der Waals surface area (Å²) >= 11 is 0. The SMILES string of the molecule is COC(OC)C(CCCCc1ccc(C(=O)OC(C)(C)C)cc1)C(C#N)C#N. The fourth-order valence-corrected chi connectivity index (χ4v) is 2.98. The number of benzene rings is 1. The number of carbonyl (C=O) groups excluding carboxylic acids is 1. The molecule has 0 aliphatic rings. The largest absolute Gasteiger partial charge is 0.456 e. The molecule has 1 atom stereocenters. The zero-order chi connectivity index (χ0) is 21.2. The summed E-state index contributed by atoms with van der Waals surface area (Å²) in [5.41, 5.74) is 1.14. The van der Waals surface area contributed by atoms with Crippen LogP contribution in [-0.2, 0) is 20.6 Å². The Balaban J connectivity index is 2.57. The van der Waals surface area contributed by atoms with Gasteiger partial charge in [0.15, 0.2) is 6.29 Å². The number of nitrogens with zero attached hydrogens (tertiary/aromatic N) is 2. The topological polar surface area (TPSA) is 92.3 Å². The van der Waals surface area contributed by atoms with Crippen molar-refractivity contribution in [2.24, 2.45) is 11.8 Å². The number of methoxy groups -OCH3 is 2. The lowest BCUT2D eigenvalue weighted by Gasteiger charge is -2.25. The van der Waals surface area contributed by atoms with E-state index in [1.165, 1.54) is 14.2 Å². The smallest absolute Gasteiger partial charge is 0.338 e. The van der Waals surface area contributed by atoms with Crippen molar-refractivity contribution >= 4 is 5.97 Å². The maximum atomic E-state index is 12.0. The van der Waals surface area contributed by atoms with Gasteiger partial charge in [-0.05, 0) is 57.7 Å². The van der Waals surface area contributed by atoms with E-state index in [1.807, 2.05) is 45.0 Å². The summed E-state index contributed by atoms with van der Waals surface area (Å²) in [6.07, 6.45) is 2.66. The van der Waals surface area contributed by atoms with Gasteiger partial charge in [0.05, 0.1) is 17.7 Å². The van der Waals surface area contributed by atoms with Crippen LogP contribution in [0, 0.1) is 34.5 Å². The van der Waals surface area contributed by atoms with E-state index in [-0.39, 0.29) is 11.9 Å². The van der Waals surface area contributed by atoms with E-state index in [2.05, 4.69) is 0 Å². The summed E-state index contributed by atoms with van der Waals surface area (Å²) in [7, 11) is 3.03. The first-order valence-electron chi connectivity index (χ1n) is 9.42. The molecular formula is C22H30N2O4. The number of nitriles is 2. The molecule has 152 valence electrons. The lowest BCUT2D eigenvalue weighted by molar-refractivity contribution is -0.143. The summed E-state index contributed by atoms with van der Waals surface area (Å²) in [6.45, 7) is 5.52. The molecule has 0 aliphatic heterocycles. The van der Waals surface area contributed by atoms with E-state index in [4.69, 9.17) is 14.2 Å². The molecule has 0 aliphatic carbocycles. The number of hydrogen-bond donors (Lipinski definition) is 0. The molecule has 0 saturated heterocycles. The molecule has 1 aromatic carbocycles. The number of aryl methyl sites for hydroxylation is 1. The van der Waals surface area contributed by atoms with E-state index in [1.54, 1.807) is 12.1 Å². The highest BCUT2D eigenvalue weighted by Gasteiger charge is 2.29. The fraction of sp³-hybridized carbons (Fsp3) is 0.591. The predicted molar refractivity (Wildman–Crippen MR) is 105 cm³/mol. The second-order valence-corrected chi connectivity index (χ2v) is 7.68. The number of carbonyl (C=O) groups is 1. The summed E-state index contributed by atoms with van der Waals surface area (Å²) in [5, 5.41) is 18.4. The van der Waals surface area contributed by atoms with Gasteiger partial charge in [-0.1, -0.05) is 18.6 Å². The first-order chi connectivity index (χ1) is 13.3. The Morgan fingerprint density at radius 1 is 1.04 bits per heavy atom. The van der Waals surface area contributed by atoms with Gasteiger partial charge in [-0.2, -0.15) is 10.5 Å². The predicted octanol–water partition coefficient (Wildman–Crippen LogP) is 4.25. The number of esters is 1. The molecular weight excluding hydrogens is 356 g/mol. The van der Waals surface area contributed by atoms with Gasteiger partial charge in [-0.15, -0.1) is 0 Å². The van der Waals surface area contributed by atoms with Gasteiger partial charge in [0.2, 0.25) is 0 Å². The van der Waals surface area contributed by atoms with Crippen molar-refractivity contribution < 1.29 is 19.0 Å². The van der Waals surface area contributed by atoms with Gasteiger partial charge in [0.25, 0.3) is 0 Å². The van der Waals surface area contributed by atoms with Crippen molar-refractivity contribution in [3.8, 4) is 12.1 Å². The monoisotopic (exact) mass is 386 g/mol. The highest BCUT2D eigenvalue weighted by Crippen LogP contribution is 2.25. The minimum Gasteiger partial charge on any atom is -0.456 e. The Labute approximate surface area is 168 Å². The van der Waals surface area contributed by atoms with Gasteiger partial charge in [0, 0.05) is 20.1 Å². The molecule has 0 saturated carbocycles. The highest BCUT2D eigenvalue weighted by atomic mass is 16.7. The molecule has 0 N–H and O–H groups in total. The third kappa shape index (κ3) is 7.68. The van der Waals surface area contributed by atoms with E-state index in [0.29, 0.717) is 12.0 Å². The number of hydrogen-bond acceptors (Lipinski definition) is 6. The molecule has 1 aromatic rings. The van der Waals surface area contributed by atoms with Crippen LogP contribution in [-0.4, -0.2) is 32.1 Å². The molecule has 6 nitrogen and oxygen atoms in total. The van der Waals surface area contributed by atoms with Crippen molar-refractivity contribution in [1.29, 1.82) is 10.5 Å². The van der Waals surface area contributed by atoms with Crippen LogP contribution in [0.3, 0.4) is 0 Å². The third-order valence-corrected chi connectivity index (χ3v) is 4.36. The molecule has 0 fully saturated rings. The minimum absolute atomic E-state index is 0.292. The van der Waals surface area contributed by atoms with E-state index < -0.39 is 17.8 Å². The maximum Gasteiger partial charge on any atom is 0.338 e. The van der Waals surface area contributed by atoms with Crippen molar-refractivity contribution in [2.45, 2.75) is 58.3 Å². The van der Waals surface area contributed by atoms with E-state index in [0.717, 1.165) is 24.8 Å². The quantitative estimate of drug-likeness (QED) is 0.339. The van der Waals surface area contributed by atoms with Crippen molar-refractivity contribution in [1.82, 2.24) is 0 Å². The molecule has 1 unspecified atom stereocenters. The summed E-state index contributed by atoms with van der Waals surface area (Å²) in [6, 6.07) is 11.5. The molecule has 0 heterocycles. The second-order valence-electron chi connectivity index (χ2n) is 7.68. The fourth-order valence-electron chi connectivity index (χ4n) is 2.98. The van der Waals surface area contributed by atoms with E-state index >= 15 is 0 Å². The zero-order valence-corrected chi connectivity index (χ0v) is 17.4. The van der Waals surface area contributed by atoms with Gasteiger partial charge in [-0.3, -0.25) is 0 Å². The third-order valence-electron chi connectivity index (χ3n) is 4.36. The van der Waals surface area contributed by atoms with E-state index in [9.17, 15) is 15.3 Å². The zero-order valence-electron chi connectivity index (χ0n) is 17.4. The van der Waals surface area contributed by atoms with Crippen LogP contribution in [0.5, 0.6) is 0 Å². The first kappa shape index (κ1) is 23.6. The Hall–Kier alpha value is -2.41. The Kier molecular flexibility index (Phi) is 9.65. The Morgan fingerprint density at radius 3 is 2.07 bits per heavy atom. The van der Waals surface area contributed by atoms with Crippen LogP contribution in [0.15, 0.2) is 24.3 Å². The molecule has 1 rings (SSSR count). The number of unbranched alkanes of at least 4 members (excludes halogenated alkanes) is 1. The van der Waals surface area contributed by atoms with Crippen molar-refractivity contribution in [2.75, 3.05) is 14.2 Å². The molecule has 0 radical (unpaired) electrons. The Morgan fingerprint density at radius 2 is 1.61 bits per heavy atom. The Bertz CT molecular complexity index is 677. The first-order valence-corrected chi connectivity index (χ1v) is 9.42. The average Bonchev–Trinajstić information content (AvgIpc) is 2.65. The van der Waals surface area contributed by atoms with Gasteiger partial charge in [0.1, 0.15) is 11.5 Å². The minimum atomic E-state index is -0.766. The maximum absolute atomic E-state index is 12.0. The van der Waals surface area contributed by atoms with Crippen LogP contribution in [0.2, 0.25) is 0 Å². The molecule has 0 aromatic heterocycles. The second kappa shape index (κ2) is 11.4. The molecule has 6 heteroatoms.